The minimum atomic E-state index is -0.173. The van der Waals surface area contributed by atoms with Crippen molar-refractivity contribution in [3.63, 3.8) is 0 Å². The second kappa shape index (κ2) is 5.55. The molecular formula is C14H15FN2. The third-order valence-electron chi connectivity index (χ3n) is 2.69. The molecule has 1 aromatic carbocycles. The van der Waals surface area contributed by atoms with Crippen molar-refractivity contribution in [3.05, 3.63) is 65.7 Å². The van der Waals surface area contributed by atoms with Gasteiger partial charge in [0.25, 0.3) is 0 Å². The summed E-state index contributed by atoms with van der Waals surface area (Å²) in [4.78, 5) is 4.26. The predicted octanol–water partition coefficient (Wildman–Crippen LogP) is 3.07. The molecule has 0 fully saturated rings. The van der Waals surface area contributed by atoms with E-state index >= 15 is 0 Å². The highest BCUT2D eigenvalue weighted by Crippen LogP contribution is 2.11. The Labute approximate surface area is 101 Å². The molecule has 0 spiro atoms. The fourth-order valence-corrected chi connectivity index (χ4v) is 1.64. The van der Waals surface area contributed by atoms with Crippen molar-refractivity contribution in [2.45, 2.75) is 19.5 Å². The number of benzene rings is 1. The van der Waals surface area contributed by atoms with Crippen molar-refractivity contribution in [2.24, 2.45) is 0 Å². The Morgan fingerprint density at radius 2 is 1.94 bits per heavy atom. The molecule has 1 heterocycles. The normalized spacial score (nSPS) is 12.4. The lowest BCUT2D eigenvalue weighted by molar-refractivity contribution is 0.536. The zero-order valence-corrected chi connectivity index (χ0v) is 9.73. The molecule has 3 heteroatoms. The summed E-state index contributed by atoms with van der Waals surface area (Å²) in [6, 6.07) is 12.7. The first kappa shape index (κ1) is 11.7. The van der Waals surface area contributed by atoms with Gasteiger partial charge in [0, 0.05) is 24.3 Å². The fraction of sp³-hybridized carbons (Fsp3) is 0.214. The van der Waals surface area contributed by atoms with Gasteiger partial charge in [-0.05, 0) is 25.1 Å². The number of rotatable bonds is 4. The van der Waals surface area contributed by atoms with Crippen molar-refractivity contribution in [3.8, 4) is 0 Å². The van der Waals surface area contributed by atoms with Gasteiger partial charge in [-0.1, -0.05) is 24.3 Å². The summed E-state index contributed by atoms with van der Waals surface area (Å²) in [6.45, 7) is 2.52. The molecule has 0 radical (unpaired) electrons. The first-order chi connectivity index (χ1) is 8.27. The Bertz CT molecular complexity index is 471. The molecule has 1 aromatic heterocycles. The van der Waals surface area contributed by atoms with Crippen LogP contribution in [0.25, 0.3) is 0 Å². The van der Waals surface area contributed by atoms with Gasteiger partial charge in [-0.2, -0.15) is 0 Å². The van der Waals surface area contributed by atoms with Gasteiger partial charge in [-0.25, -0.2) is 4.39 Å². The van der Waals surface area contributed by atoms with E-state index in [0.717, 1.165) is 5.69 Å². The van der Waals surface area contributed by atoms with Gasteiger partial charge in [0.2, 0.25) is 0 Å². The van der Waals surface area contributed by atoms with Crippen molar-refractivity contribution in [1.82, 2.24) is 10.3 Å². The van der Waals surface area contributed by atoms with Crippen molar-refractivity contribution >= 4 is 0 Å². The topological polar surface area (TPSA) is 24.9 Å². The van der Waals surface area contributed by atoms with Crippen molar-refractivity contribution in [2.75, 3.05) is 0 Å². The van der Waals surface area contributed by atoms with E-state index in [-0.39, 0.29) is 11.9 Å². The lowest BCUT2D eigenvalue weighted by atomic mass is 10.1. The van der Waals surface area contributed by atoms with Crippen LogP contribution in [0.15, 0.2) is 48.7 Å². The van der Waals surface area contributed by atoms with Gasteiger partial charge in [0.05, 0.1) is 5.69 Å². The predicted molar refractivity (Wildman–Crippen MR) is 65.9 cm³/mol. The Hall–Kier alpha value is -1.74. The Balaban J connectivity index is 1.97. The molecule has 0 amide bonds. The van der Waals surface area contributed by atoms with Crippen LogP contribution in [-0.2, 0) is 6.54 Å². The number of nitrogens with one attached hydrogen (secondary N) is 1. The van der Waals surface area contributed by atoms with E-state index in [1.807, 2.05) is 31.2 Å². The lowest BCUT2D eigenvalue weighted by Gasteiger charge is -2.13. The molecule has 0 aliphatic rings. The summed E-state index contributed by atoms with van der Waals surface area (Å²) < 4.78 is 13.4. The molecule has 0 aliphatic heterocycles. The molecule has 1 N–H and O–H groups in total. The van der Waals surface area contributed by atoms with E-state index in [2.05, 4.69) is 10.3 Å². The van der Waals surface area contributed by atoms with Crippen LogP contribution in [0.5, 0.6) is 0 Å². The summed E-state index contributed by atoms with van der Waals surface area (Å²) in [5.74, 6) is -0.173. The summed E-state index contributed by atoms with van der Waals surface area (Å²) in [6.07, 6.45) is 1.76. The Kier molecular flexibility index (Phi) is 3.83. The van der Waals surface area contributed by atoms with Gasteiger partial charge in [0.15, 0.2) is 0 Å². The Morgan fingerprint density at radius 3 is 2.65 bits per heavy atom. The van der Waals surface area contributed by atoms with Crippen LogP contribution in [0, 0.1) is 5.82 Å². The number of halogens is 1. The maximum Gasteiger partial charge on any atom is 0.127 e. The van der Waals surface area contributed by atoms with Gasteiger partial charge < -0.3 is 5.32 Å². The van der Waals surface area contributed by atoms with Gasteiger partial charge in [-0.15, -0.1) is 0 Å². The number of nitrogens with zero attached hydrogens (tertiary/aromatic N) is 1. The largest absolute Gasteiger partial charge is 0.305 e. The number of aromatic nitrogens is 1. The average Bonchev–Trinajstić information content (AvgIpc) is 2.38. The highest BCUT2D eigenvalue weighted by molar-refractivity contribution is 5.17. The maximum absolute atomic E-state index is 13.4. The van der Waals surface area contributed by atoms with E-state index < -0.39 is 0 Å². The zero-order chi connectivity index (χ0) is 12.1. The van der Waals surface area contributed by atoms with Crippen LogP contribution >= 0.6 is 0 Å². The molecule has 0 saturated heterocycles. The molecule has 0 unspecified atom stereocenters. The summed E-state index contributed by atoms with van der Waals surface area (Å²) in [5.41, 5.74) is 1.64. The zero-order valence-electron chi connectivity index (χ0n) is 9.73. The molecule has 1 atom stereocenters. The minimum Gasteiger partial charge on any atom is -0.305 e. The molecule has 0 bridgehead atoms. The SMILES string of the molecule is C[C@@H](NCc1ccccc1F)c1ccccn1. The van der Waals surface area contributed by atoms with Crippen molar-refractivity contribution < 1.29 is 4.39 Å². The van der Waals surface area contributed by atoms with Crippen LogP contribution in [0.4, 0.5) is 4.39 Å². The number of hydrogen-bond donors (Lipinski definition) is 1. The first-order valence-corrected chi connectivity index (χ1v) is 5.65. The molecule has 0 aliphatic carbocycles. The highest BCUT2D eigenvalue weighted by Gasteiger charge is 2.06. The maximum atomic E-state index is 13.4. The van der Waals surface area contributed by atoms with Crippen LogP contribution in [0.2, 0.25) is 0 Å². The monoisotopic (exact) mass is 230 g/mol. The molecule has 0 saturated carbocycles. The third-order valence-corrected chi connectivity index (χ3v) is 2.69. The van der Waals surface area contributed by atoms with Gasteiger partial charge in [0.1, 0.15) is 5.82 Å². The highest BCUT2D eigenvalue weighted by atomic mass is 19.1. The van der Waals surface area contributed by atoms with Crippen LogP contribution < -0.4 is 5.32 Å². The number of hydrogen-bond acceptors (Lipinski definition) is 2. The molecule has 17 heavy (non-hydrogen) atoms. The molecular weight excluding hydrogens is 215 g/mol. The van der Waals surface area contributed by atoms with E-state index in [0.29, 0.717) is 12.1 Å². The second-order valence-electron chi connectivity index (χ2n) is 3.95. The quantitative estimate of drug-likeness (QED) is 0.873. The van der Waals surface area contributed by atoms with E-state index in [9.17, 15) is 4.39 Å². The standard InChI is InChI=1S/C14H15FN2/c1-11(14-8-4-5-9-16-14)17-10-12-6-2-3-7-13(12)15/h2-9,11,17H,10H2,1H3/t11-/m1/s1. The summed E-state index contributed by atoms with van der Waals surface area (Å²) >= 11 is 0. The second-order valence-corrected chi connectivity index (χ2v) is 3.95. The molecule has 2 aromatic rings. The fourth-order valence-electron chi connectivity index (χ4n) is 1.64. The van der Waals surface area contributed by atoms with Crippen LogP contribution in [-0.4, -0.2) is 4.98 Å². The van der Waals surface area contributed by atoms with Crippen LogP contribution in [0.1, 0.15) is 24.2 Å². The van der Waals surface area contributed by atoms with Gasteiger partial charge in [-0.3, -0.25) is 4.98 Å². The molecule has 2 nitrogen and oxygen atoms in total. The van der Waals surface area contributed by atoms with E-state index in [1.54, 1.807) is 18.3 Å². The minimum absolute atomic E-state index is 0.107. The third kappa shape index (κ3) is 3.11. The van der Waals surface area contributed by atoms with E-state index in [4.69, 9.17) is 0 Å². The molecule has 2 rings (SSSR count). The number of pyridine rings is 1. The first-order valence-electron chi connectivity index (χ1n) is 5.65. The summed E-state index contributed by atoms with van der Waals surface area (Å²) in [7, 11) is 0. The summed E-state index contributed by atoms with van der Waals surface area (Å²) in [5, 5.41) is 3.25. The average molecular weight is 230 g/mol. The smallest absolute Gasteiger partial charge is 0.127 e. The molecule has 88 valence electrons. The van der Waals surface area contributed by atoms with Crippen LogP contribution in [0.3, 0.4) is 0 Å². The lowest BCUT2D eigenvalue weighted by Crippen LogP contribution is -2.19. The Morgan fingerprint density at radius 1 is 1.18 bits per heavy atom. The van der Waals surface area contributed by atoms with Gasteiger partial charge >= 0.3 is 0 Å². The van der Waals surface area contributed by atoms with E-state index in [1.165, 1.54) is 6.07 Å². The van der Waals surface area contributed by atoms with Crippen molar-refractivity contribution in [1.29, 1.82) is 0 Å².